The minimum atomic E-state index is -0.923. The Morgan fingerprint density at radius 1 is 1.24 bits per heavy atom. The summed E-state index contributed by atoms with van der Waals surface area (Å²) in [5.41, 5.74) is 8.82. The summed E-state index contributed by atoms with van der Waals surface area (Å²) in [6.07, 6.45) is -0.125. The molecular formula is C16H16ClNO3. The first-order valence-electron chi connectivity index (χ1n) is 6.41. The van der Waals surface area contributed by atoms with Gasteiger partial charge in [0.1, 0.15) is 5.75 Å². The Morgan fingerprint density at radius 3 is 2.57 bits per heavy atom. The molecule has 0 radical (unpaired) electrons. The van der Waals surface area contributed by atoms with Crippen molar-refractivity contribution in [2.24, 2.45) is 0 Å². The molecule has 0 unspecified atom stereocenters. The highest BCUT2D eigenvalue weighted by atomic mass is 35.5. The molecule has 2 rings (SSSR count). The molecule has 110 valence electrons. The second-order valence-corrected chi connectivity index (χ2v) is 5.36. The number of ether oxygens (including phenoxy) is 1. The second kappa shape index (κ2) is 6.06. The maximum Gasteiger partial charge on any atom is 0.307 e. The van der Waals surface area contributed by atoms with Crippen molar-refractivity contribution in [3.8, 4) is 11.5 Å². The predicted octanol–water partition coefficient (Wildman–Crippen LogP) is 3.96. The van der Waals surface area contributed by atoms with Crippen LogP contribution in [0.15, 0.2) is 30.3 Å². The lowest BCUT2D eigenvalue weighted by Crippen LogP contribution is -2.03. The van der Waals surface area contributed by atoms with Crippen LogP contribution in [-0.4, -0.2) is 11.1 Å². The molecule has 0 bridgehead atoms. The molecule has 0 aromatic heterocycles. The molecule has 4 nitrogen and oxygen atoms in total. The third-order valence-electron chi connectivity index (χ3n) is 2.99. The molecule has 0 heterocycles. The van der Waals surface area contributed by atoms with E-state index in [9.17, 15) is 4.79 Å². The number of carboxylic acid groups (broad SMARTS) is 1. The van der Waals surface area contributed by atoms with E-state index in [2.05, 4.69) is 0 Å². The summed E-state index contributed by atoms with van der Waals surface area (Å²) in [6.45, 7) is 3.77. The number of aliphatic carboxylic acids is 1. The van der Waals surface area contributed by atoms with E-state index < -0.39 is 5.97 Å². The third kappa shape index (κ3) is 3.67. The van der Waals surface area contributed by atoms with Crippen LogP contribution in [0.5, 0.6) is 11.5 Å². The van der Waals surface area contributed by atoms with Crippen molar-refractivity contribution in [3.63, 3.8) is 0 Å². The van der Waals surface area contributed by atoms with Gasteiger partial charge in [-0.15, -0.1) is 0 Å². The van der Waals surface area contributed by atoms with Gasteiger partial charge in [0, 0.05) is 5.56 Å². The van der Waals surface area contributed by atoms with Crippen LogP contribution < -0.4 is 10.5 Å². The fourth-order valence-corrected chi connectivity index (χ4v) is 2.40. The predicted molar refractivity (Wildman–Crippen MR) is 83.2 cm³/mol. The minimum absolute atomic E-state index is 0.125. The molecular weight excluding hydrogens is 290 g/mol. The Morgan fingerprint density at radius 2 is 1.95 bits per heavy atom. The van der Waals surface area contributed by atoms with Gasteiger partial charge in [0.15, 0.2) is 5.75 Å². The molecule has 2 aromatic carbocycles. The Balaban J connectivity index is 2.42. The van der Waals surface area contributed by atoms with Gasteiger partial charge in [0.25, 0.3) is 0 Å². The summed E-state index contributed by atoms with van der Waals surface area (Å²) in [6, 6.07) is 8.86. The van der Waals surface area contributed by atoms with Crippen LogP contribution in [0, 0.1) is 13.8 Å². The molecule has 0 fully saturated rings. The monoisotopic (exact) mass is 305 g/mol. The van der Waals surface area contributed by atoms with Crippen molar-refractivity contribution in [1.29, 1.82) is 0 Å². The Kier molecular flexibility index (Phi) is 4.38. The zero-order valence-corrected chi connectivity index (χ0v) is 12.6. The molecule has 0 amide bonds. The highest BCUT2D eigenvalue weighted by molar-refractivity contribution is 6.32. The van der Waals surface area contributed by atoms with Gasteiger partial charge in [-0.05, 0) is 37.6 Å². The summed E-state index contributed by atoms with van der Waals surface area (Å²) in [5.74, 6) is -0.133. The Hall–Kier alpha value is -2.20. The molecule has 5 heteroatoms. The van der Waals surface area contributed by atoms with Crippen molar-refractivity contribution < 1.29 is 14.6 Å². The normalized spacial score (nSPS) is 10.4. The summed E-state index contributed by atoms with van der Waals surface area (Å²) >= 11 is 6.15. The van der Waals surface area contributed by atoms with Gasteiger partial charge < -0.3 is 15.6 Å². The molecule has 0 aliphatic heterocycles. The molecule has 21 heavy (non-hydrogen) atoms. The van der Waals surface area contributed by atoms with E-state index in [0.29, 0.717) is 27.8 Å². The number of nitrogens with two attached hydrogens (primary N) is 1. The van der Waals surface area contributed by atoms with Crippen LogP contribution in [0.4, 0.5) is 5.69 Å². The van der Waals surface area contributed by atoms with Crippen LogP contribution in [-0.2, 0) is 11.2 Å². The van der Waals surface area contributed by atoms with Crippen LogP contribution in [0.2, 0.25) is 5.02 Å². The van der Waals surface area contributed by atoms with Gasteiger partial charge in [0.05, 0.1) is 17.1 Å². The van der Waals surface area contributed by atoms with E-state index in [1.54, 1.807) is 24.3 Å². The molecule has 0 saturated heterocycles. The average molecular weight is 306 g/mol. The molecule has 0 atom stereocenters. The summed E-state index contributed by atoms with van der Waals surface area (Å²) in [7, 11) is 0. The first-order chi connectivity index (χ1) is 9.86. The average Bonchev–Trinajstić information content (AvgIpc) is 2.35. The second-order valence-electron chi connectivity index (χ2n) is 4.95. The fraction of sp³-hybridized carbons (Fsp3) is 0.188. The maximum absolute atomic E-state index is 11.0. The van der Waals surface area contributed by atoms with Crippen LogP contribution in [0.25, 0.3) is 0 Å². The number of benzene rings is 2. The number of aryl methyl sites for hydroxylation is 2. The molecule has 0 aliphatic carbocycles. The molecule has 3 N–H and O–H groups in total. The zero-order chi connectivity index (χ0) is 15.6. The van der Waals surface area contributed by atoms with Gasteiger partial charge >= 0.3 is 5.97 Å². The number of rotatable bonds is 4. The van der Waals surface area contributed by atoms with E-state index in [0.717, 1.165) is 11.1 Å². The Bertz CT molecular complexity index is 675. The first kappa shape index (κ1) is 15.2. The van der Waals surface area contributed by atoms with Crippen molar-refractivity contribution in [2.75, 3.05) is 5.73 Å². The summed E-state index contributed by atoms with van der Waals surface area (Å²) in [5, 5.41) is 9.39. The Labute approximate surface area is 128 Å². The van der Waals surface area contributed by atoms with Crippen molar-refractivity contribution >= 4 is 23.3 Å². The van der Waals surface area contributed by atoms with Crippen molar-refractivity contribution in [3.05, 3.63) is 52.0 Å². The topological polar surface area (TPSA) is 72.5 Å². The van der Waals surface area contributed by atoms with Crippen LogP contribution >= 0.6 is 11.6 Å². The largest absolute Gasteiger partial charge is 0.481 e. The lowest BCUT2D eigenvalue weighted by Gasteiger charge is -2.14. The summed E-state index contributed by atoms with van der Waals surface area (Å²) < 4.78 is 5.76. The number of carbonyl (C=O) groups is 1. The minimum Gasteiger partial charge on any atom is -0.481 e. The number of anilines is 1. The molecule has 0 aliphatic rings. The number of hydrogen-bond acceptors (Lipinski definition) is 3. The van der Waals surface area contributed by atoms with Gasteiger partial charge in [-0.25, -0.2) is 0 Å². The van der Waals surface area contributed by atoms with E-state index in [-0.39, 0.29) is 6.42 Å². The number of carboxylic acids is 1. The van der Waals surface area contributed by atoms with E-state index >= 15 is 0 Å². The van der Waals surface area contributed by atoms with Gasteiger partial charge in [0.2, 0.25) is 0 Å². The highest BCUT2D eigenvalue weighted by Gasteiger charge is 2.13. The van der Waals surface area contributed by atoms with Gasteiger partial charge in [-0.2, -0.15) is 0 Å². The van der Waals surface area contributed by atoms with Crippen molar-refractivity contribution in [1.82, 2.24) is 0 Å². The SMILES string of the molecule is Cc1cc(N)c(Oc2ccc(C)cc2CC(=O)O)c(Cl)c1. The number of halogens is 1. The summed E-state index contributed by atoms with van der Waals surface area (Å²) in [4.78, 5) is 11.0. The lowest BCUT2D eigenvalue weighted by molar-refractivity contribution is -0.136. The third-order valence-corrected chi connectivity index (χ3v) is 3.27. The van der Waals surface area contributed by atoms with Gasteiger partial charge in [-0.1, -0.05) is 29.3 Å². The first-order valence-corrected chi connectivity index (χ1v) is 6.79. The molecule has 0 saturated carbocycles. The van der Waals surface area contributed by atoms with Crippen molar-refractivity contribution in [2.45, 2.75) is 20.3 Å². The molecule has 2 aromatic rings. The molecule has 0 spiro atoms. The van der Waals surface area contributed by atoms with Gasteiger partial charge in [-0.3, -0.25) is 4.79 Å². The van der Waals surface area contributed by atoms with E-state index in [4.69, 9.17) is 27.2 Å². The lowest BCUT2D eigenvalue weighted by atomic mass is 10.1. The highest BCUT2D eigenvalue weighted by Crippen LogP contribution is 2.37. The number of nitrogen functional groups attached to an aromatic ring is 1. The fourth-order valence-electron chi connectivity index (χ4n) is 2.08. The van der Waals surface area contributed by atoms with E-state index in [1.165, 1.54) is 0 Å². The maximum atomic E-state index is 11.0. The van der Waals surface area contributed by atoms with Crippen LogP contribution in [0.3, 0.4) is 0 Å². The quantitative estimate of drug-likeness (QED) is 0.839. The van der Waals surface area contributed by atoms with E-state index in [1.807, 2.05) is 19.9 Å². The number of hydrogen-bond donors (Lipinski definition) is 2. The smallest absolute Gasteiger partial charge is 0.307 e. The standard InChI is InChI=1S/C16H16ClNO3/c1-9-3-4-14(11(5-9)8-15(19)20)21-16-12(17)6-10(2)7-13(16)18/h3-7H,8,18H2,1-2H3,(H,19,20). The van der Waals surface area contributed by atoms with Crippen LogP contribution in [0.1, 0.15) is 16.7 Å². The zero-order valence-electron chi connectivity index (χ0n) is 11.8.